The Kier molecular flexibility index (Phi) is 6.34. The van der Waals surface area contributed by atoms with Gasteiger partial charge in [-0.25, -0.2) is 0 Å². The van der Waals surface area contributed by atoms with E-state index in [9.17, 15) is 0 Å². The highest BCUT2D eigenvalue weighted by molar-refractivity contribution is 5.77. The fourth-order valence-corrected chi connectivity index (χ4v) is 2.44. The van der Waals surface area contributed by atoms with E-state index in [1.807, 2.05) is 0 Å². The number of guanidine groups is 1. The summed E-state index contributed by atoms with van der Waals surface area (Å²) in [6, 6.07) is 0. The number of aliphatic imine (C=N–C) groups is 1. The largest absolute Gasteiger partial charge is 0.370 e. The van der Waals surface area contributed by atoms with Crippen LogP contribution in [0.1, 0.15) is 33.6 Å². The fraction of sp³-hybridized carbons (Fsp3) is 0.923. The first kappa shape index (κ1) is 14.3. The Morgan fingerprint density at radius 2 is 2.12 bits per heavy atom. The lowest BCUT2D eigenvalue weighted by molar-refractivity contribution is 0.188. The maximum Gasteiger partial charge on any atom is 0.191 e. The second-order valence-electron chi connectivity index (χ2n) is 4.96. The van der Waals surface area contributed by atoms with E-state index in [2.05, 4.69) is 35.6 Å². The van der Waals surface area contributed by atoms with Crippen molar-refractivity contribution >= 4 is 5.96 Å². The standard InChI is InChI=1S/C13H28N4/c1-4-17(5-2)13(14)15-8-10-16-9-6-7-12(3)11-16/h12H,4-11H2,1-3H3,(H2,14,15). The van der Waals surface area contributed by atoms with Gasteiger partial charge < -0.3 is 15.5 Å². The Balaban J connectivity index is 2.28. The minimum Gasteiger partial charge on any atom is -0.370 e. The van der Waals surface area contributed by atoms with Crippen molar-refractivity contribution in [1.82, 2.24) is 9.80 Å². The smallest absolute Gasteiger partial charge is 0.191 e. The molecular formula is C13H28N4. The molecule has 1 aliphatic rings. The minimum atomic E-state index is 0.694. The molecule has 1 saturated heterocycles. The average Bonchev–Trinajstić information content (AvgIpc) is 2.30. The summed E-state index contributed by atoms with van der Waals surface area (Å²) in [6.07, 6.45) is 2.71. The van der Waals surface area contributed by atoms with Crippen molar-refractivity contribution in [2.24, 2.45) is 16.6 Å². The molecule has 4 heteroatoms. The Hall–Kier alpha value is -0.770. The van der Waals surface area contributed by atoms with Crippen LogP contribution >= 0.6 is 0 Å². The molecule has 0 aromatic heterocycles. The molecule has 1 unspecified atom stereocenters. The summed E-state index contributed by atoms with van der Waals surface area (Å²) >= 11 is 0. The van der Waals surface area contributed by atoms with E-state index >= 15 is 0 Å². The molecule has 2 N–H and O–H groups in total. The van der Waals surface area contributed by atoms with E-state index in [1.54, 1.807) is 0 Å². The SMILES string of the molecule is CCN(CC)C(N)=NCCN1CCCC(C)C1. The molecule has 0 saturated carbocycles. The molecule has 1 aliphatic heterocycles. The second kappa shape index (κ2) is 7.54. The third-order valence-electron chi connectivity index (χ3n) is 3.52. The molecule has 0 amide bonds. The van der Waals surface area contributed by atoms with Gasteiger partial charge in [0.15, 0.2) is 5.96 Å². The third kappa shape index (κ3) is 4.94. The van der Waals surface area contributed by atoms with Crippen LogP contribution in [0, 0.1) is 5.92 Å². The van der Waals surface area contributed by atoms with E-state index in [4.69, 9.17) is 5.73 Å². The van der Waals surface area contributed by atoms with Gasteiger partial charge in [-0.1, -0.05) is 6.92 Å². The van der Waals surface area contributed by atoms with Crippen molar-refractivity contribution < 1.29 is 0 Å². The van der Waals surface area contributed by atoms with Crippen molar-refractivity contribution in [2.45, 2.75) is 33.6 Å². The first-order valence-corrected chi connectivity index (χ1v) is 6.94. The van der Waals surface area contributed by atoms with Crippen LogP contribution in [0.4, 0.5) is 0 Å². The Labute approximate surface area is 106 Å². The van der Waals surface area contributed by atoms with Crippen molar-refractivity contribution in [3.8, 4) is 0 Å². The van der Waals surface area contributed by atoms with E-state index in [-0.39, 0.29) is 0 Å². The molecule has 17 heavy (non-hydrogen) atoms. The molecule has 1 heterocycles. The van der Waals surface area contributed by atoms with Gasteiger partial charge >= 0.3 is 0 Å². The fourth-order valence-electron chi connectivity index (χ4n) is 2.44. The molecule has 0 radical (unpaired) electrons. The summed E-state index contributed by atoms with van der Waals surface area (Å²) in [5.41, 5.74) is 5.94. The van der Waals surface area contributed by atoms with Crippen LogP contribution < -0.4 is 5.73 Å². The van der Waals surface area contributed by atoms with Gasteiger partial charge in [-0.05, 0) is 39.2 Å². The van der Waals surface area contributed by atoms with Crippen molar-refractivity contribution in [3.63, 3.8) is 0 Å². The molecule has 0 aromatic rings. The molecule has 100 valence electrons. The number of hydrogen-bond donors (Lipinski definition) is 1. The van der Waals surface area contributed by atoms with Crippen LogP contribution in [-0.4, -0.2) is 55.0 Å². The van der Waals surface area contributed by atoms with Gasteiger partial charge in [-0.2, -0.15) is 0 Å². The number of piperidine rings is 1. The highest BCUT2D eigenvalue weighted by Crippen LogP contribution is 2.14. The minimum absolute atomic E-state index is 0.694. The number of hydrogen-bond acceptors (Lipinski definition) is 2. The number of nitrogens with two attached hydrogens (primary N) is 1. The van der Waals surface area contributed by atoms with Crippen LogP contribution in [0.2, 0.25) is 0 Å². The molecule has 0 bridgehead atoms. The second-order valence-corrected chi connectivity index (χ2v) is 4.96. The molecule has 1 atom stereocenters. The average molecular weight is 240 g/mol. The predicted octanol–water partition coefficient (Wildman–Crippen LogP) is 1.37. The summed E-state index contributed by atoms with van der Waals surface area (Å²) < 4.78 is 0. The van der Waals surface area contributed by atoms with E-state index in [0.717, 1.165) is 32.1 Å². The van der Waals surface area contributed by atoms with Gasteiger partial charge in [-0.15, -0.1) is 0 Å². The quantitative estimate of drug-likeness (QED) is 0.583. The molecule has 0 spiro atoms. The lowest BCUT2D eigenvalue weighted by Gasteiger charge is -2.30. The summed E-state index contributed by atoms with van der Waals surface area (Å²) in [7, 11) is 0. The van der Waals surface area contributed by atoms with Crippen LogP contribution in [-0.2, 0) is 0 Å². The van der Waals surface area contributed by atoms with E-state index in [0.29, 0.717) is 5.96 Å². The first-order valence-electron chi connectivity index (χ1n) is 6.94. The topological polar surface area (TPSA) is 44.9 Å². The monoisotopic (exact) mass is 240 g/mol. The van der Waals surface area contributed by atoms with Crippen molar-refractivity contribution in [2.75, 3.05) is 39.3 Å². The van der Waals surface area contributed by atoms with Gasteiger partial charge in [0.1, 0.15) is 0 Å². The Morgan fingerprint density at radius 3 is 2.71 bits per heavy atom. The number of likely N-dealkylation sites (tertiary alicyclic amines) is 1. The van der Waals surface area contributed by atoms with E-state index < -0.39 is 0 Å². The zero-order valence-corrected chi connectivity index (χ0v) is 11.7. The first-order chi connectivity index (χ1) is 8.17. The lowest BCUT2D eigenvalue weighted by Crippen LogP contribution is -2.39. The van der Waals surface area contributed by atoms with Crippen molar-refractivity contribution in [3.05, 3.63) is 0 Å². The molecule has 4 nitrogen and oxygen atoms in total. The Bertz CT molecular complexity index is 236. The van der Waals surface area contributed by atoms with Crippen LogP contribution in [0.3, 0.4) is 0 Å². The maximum atomic E-state index is 5.94. The summed E-state index contributed by atoms with van der Waals surface area (Å²) in [6.45, 7) is 12.8. The van der Waals surface area contributed by atoms with E-state index in [1.165, 1.54) is 25.9 Å². The molecule has 0 aliphatic carbocycles. The summed E-state index contributed by atoms with van der Waals surface area (Å²) in [5.74, 6) is 1.54. The van der Waals surface area contributed by atoms with Crippen LogP contribution in [0.25, 0.3) is 0 Å². The van der Waals surface area contributed by atoms with Gasteiger partial charge in [0.2, 0.25) is 0 Å². The Morgan fingerprint density at radius 1 is 1.41 bits per heavy atom. The molecule has 1 rings (SSSR count). The number of nitrogens with zero attached hydrogens (tertiary/aromatic N) is 3. The van der Waals surface area contributed by atoms with Gasteiger partial charge in [-0.3, -0.25) is 4.99 Å². The van der Waals surface area contributed by atoms with Gasteiger partial charge in [0.25, 0.3) is 0 Å². The zero-order valence-electron chi connectivity index (χ0n) is 11.7. The predicted molar refractivity (Wildman–Crippen MR) is 74.2 cm³/mol. The summed E-state index contributed by atoms with van der Waals surface area (Å²) in [5, 5.41) is 0. The lowest BCUT2D eigenvalue weighted by atomic mass is 10.0. The molecular weight excluding hydrogens is 212 g/mol. The number of rotatable bonds is 5. The molecule has 1 fully saturated rings. The normalized spacial score (nSPS) is 22.8. The van der Waals surface area contributed by atoms with Gasteiger partial charge in [0.05, 0.1) is 6.54 Å². The maximum absolute atomic E-state index is 5.94. The highest BCUT2D eigenvalue weighted by atomic mass is 15.2. The van der Waals surface area contributed by atoms with Crippen LogP contribution in [0.15, 0.2) is 4.99 Å². The molecule has 0 aromatic carbocycles. The third-order valence-corrected chi connectivity index (χ3v) is 3.52. The van der Waals surface area contributed by atoms with Gasteiger partial charge in [0, 0.05) is 26.2 Å². The summed E-state index contributed by atoms with van der Waals surface area (Å²) in [4.78, 5) is 9.07. The van der Waals surface area contributed by atoms with Crippen molar-refractivity contribution in [1.29, 1.82) is 0 Å². The highest BCUT2D eigenvalue weighted by Gasteiger charge is 2.15. The van der Waals surface area contributed by atoms with Crippen LogP contribution in [0.5, 0.6) is 0 Å². The zero-order chi connectivity index (χ0) is 12.7.